The van der Waals surface area contributed by atoms with E-state index in [2.05, 4.69) is 11.2 Å². The molecule has 5 rings (SSSR count). The molecule has 4 atom stereocenters. The summed E-state index contributed by atoms with van der Waals surface area (Å²) in [6.07, 6.45) is -0.868. The highest BCUT2D eigenvalue weighted by atomic mass is 16.6. The van der Waals surface area contributed by atoms with E-state index >= 15 is 0 Å². The van der Waals surface area contributed by atoms with Gasteiger partial charge >= 0.3 is 5.97 Å². The van der Waals surface area contributed by atoms with Gasteiger partial charge in [-0.15, -0.1) is 5.10 Å². The van der Waals surface area contributed by atoms with Gasteiger partial charge in [-0.05, 0) is 44.0 Å². The van der Waals surface area contributed by atoms with Crippen molar-refractivity contribution in [1.29, 1.82) is 5.26 Å². The van der Waals surface area contributed by atoms with E-state index in [0.717, 1.165) is 5.56 Å². The summed E-state index contributed by atoms with van der Waals surface area (Å²) in [7, 11) is 0. The van der Waals surface area contributed by atoms with Crippen molar-refractivity contribution < 1.29 is 23.8 Å². The smallest absolute Gasteiger partial charge is 0.303 e. The molecule has 0 N–H and O–H groups in total. The van der Waals surface area contributed by atoms with Crippen LogP contribution in [0.15, 0.2) is 53.6 Å². The highest BCUT2D eigenvalue weighted by Gasteiger charge is 2.55. The number of hydrogen-bond donors (Lipinski definition) is 0. The number of rotatable bonds is 4. The molecule has 8 nitrogen and oxygen atoms in total. The van der Waals surface area contributed by atoms with Gasteiger partial charge in [0.15, 0.2) is 12.2 Å². The number of ether oxygens (including phenoxy) is 3. The van der Waals surface area contributed by atoms with Crippen LogP contribution in [0.25, 0.3) is 0 Å². The zero-order valence-corrected chi connectivity index (χ0v) is 19.2. The van der Waals surface area contributed by atoms with Crippen molar-refractivity contribution in [1.82, 2.24) is 5.01 Å². The monoisotopic (exact) mass is 459 g/mol. The van der Waals surface area contributed by atoms with Crippen LogP contribution >= 0.6 is 0 Å². The molecule has 1 aliphatic carbocycles. The summed E-state index contributed by atoms with van der Waals surface area (Å²) in [4.78, 5) is 24.8. The van der Waals surface area contributed by atoms with E-state index in [1.165, 1.54) is 11.9 Å². The molecule has 2 aromatic carbocycles. The lowest BCUT2D eigenvalue weighted by atomic mass is 9.87. The summed E-state index contributed by atoms with van der Waals surface area (Å²) < 4.78 is 18.3. The highest BCUT2D eigenvalue weighted by molar-refractivity contribution is 5.96. The highest BCUT2D eigenvalue weighted by Crippen LogP contribution is 2.49. The molecule has 8 heteroatoms. The minimum Gasteiger partial charge on any atom is -0.483 e. The molecule has 4 unspecified atom stereocenters. The van der Waals surface area contributed by atoms with Crippen LogP contribution in [0, 0.1) is 23.2 Å². The number of amides is 1. The van der Waals surface area contributed by atoms with E-state index in [1.54, 1.807) is 18.2 Å². The molecule has 3 aliphatic rings. The lowest BCUT2D eigenvalue weighted by Crippen LogP contribution is -2.52. The fourth-order valence-corrected chi connectivity index (χ4v) is 4.60. The van der Waals surface area contributed by atoms with Crippen molar-refractivity contribution in [3.8, 4) is 11.8 Å². The zero-order valence-electron chi connectivity index (χ0n) is 19.2. The average Bonchev–Trinajstić information content (AvgIpc) is 3.61. The predicted octanol–water partition coefficient (Wildman–Crippen LogP) is 3.71. The normalized spacial score (nSPS) is 26.2. The van der Waals surface area contributed by atoms with Crippen molar-refractivity contribution in [2.75, 3.05) is 0 Å². The Hall–Kier alpha value is -3.86. The third-order valence-electron chi connectivity index (χ3n) is 6.39. The van der Waals surface area contributed by atoms with Crippen LogP contribution in [0.3, 0.4) is 0 Å². The number of benzene rings is 2. The maximum absolute atomic E-state index is 12.8. The third kappa shape index (κ3) is 3.98. The topological polar surface area (TPSA) is 101 Å². The summed E-state index contributed by atoms with van der Waals surface area (Å²) in [6.45, 7) is 5.33. The predicted molar refractivity (Wildman–Crippen MR) is 121 cm³/mol. The Morgan fingerprint density at radius 1 is 1.24 bits per heavy atom. The molecular formula is C26H25N3O5. The van der Waals surface area contributed by atoms with E-state index < -0.39 is 23.8 Å². The fourth-order valence-electron chi connectivity index (χ4n) is 4.60. The van der Waals surface area contributed by atoms with Gasteiger partial charge in [0, 0.05) is 18.4 Å². The quantitative estimate of drug-likeness (QED) is 0.646. The fraction of sp³-hybridized carbons (Fsp3) is 0.385. The van der Waals surface area contributed by atoms with Crippen molar-refractivity contribution >= 4 is 17.8 Å². The summed E-state index contributed by atoms with van der Waals surface area (Å²) in [5, 5.41) is 15.5. The first-order valence-electron chi connectivity index (χ1n) is 11.3. The molecule has 34 heavy (non-hydrogen) atoms. The van der Waals surface area contributed by atoms with Crippen LogP contribution in [-0.2, 0) is 25.6 Å². The first kappa shape index (κ1) is 22.0. The van der Waals surface area contributed by atoms with E-state index in [0.29, 0.717) is 35.7 Å². The molecule has 2 heterocycles. The zero-order chi connectivity index (χ0) is 24.0. The second-order valence-electron chi connectivity index (χ2n) is 9.41. The number of carbonyl (C=O) groups is 2. The Kier molecular flexibility index (Phi) is 5.28. The van der Waals surface area contributed by atoms with Gasteiger partial charge in [0.25, 0.3) is 0 Å². The van der Waals surface area contributed by atoms with Gasteiger partial charge < -0.3 is 14.2 Å². The van der Waals surface area contributed by atoms with Crippen LogP contribution in [0.4, 0.5) is 0 Å². The molecule has 1 amide bonds. The van der Waals surface area contributed by atoms with Crippen molar-refractivity contribution in [2.24, 2.45) is 16.9 Å². The minimum atomic E-state index is -0.894. The number of esters is 1. The number of nitriles is 1. The standard InChI is InChI=1S/C26H25N3O5/c1-15(30)32-23-22(20-11-17(13-27)9-10-21(20)34-26(23,2)3)33-24-18-12-19(18)25(31)29(28-24)14-16-7-5-4-6-8-16/h4-11,18-19,22-23H,12,14H2,1-3H3. The Morgan fingerprint density at radius 2 is 2.00 bits per heavy atom. The Bertz CT molecular complexity index is 1220. The maximum Gasteiger partial charge on any atom is 0.303 e. The first-order valence-corrected chi connectivity index (χ1v) is 11.3. The number of hydrazone groups is 1. The number of carbonyl (C=O) groups excluding carboxylic acids is 2. The summed E-state index contributed by atoms with van der Waals surface area (Å²) in [5.74, 6) is 0.238. The third-order valence-corrected chi connectivity index (χ3v) is 6.39. The number of fused-ring (bicyclic) bond motifs is 2. The van der Waals surface area contributed by atoms with Crippen molar-refractivity contribution in [3.05, 3.63) is 65.2 Å². The Balaban J connectivity index is 1.51. The average molecular weight is 460 g/mol. The van der Waals surface area contributed by atoms with E-state index in [9.17, 15) is 14.9 Å². The molecule has 0 bridgehead atoms. The molecule has 0 aromatic heterocycles. The Morgan fingerprint density at radius 3 is 2.71 bits per heavy atom. The van der Waals surface area contributed by atoms with Crippen LogP contribution in [0.5, 0.6) is 5.75 Å². The van der Waals surface area contributed by atoms with Crippen molar-refractivity contribution in [3.63, 3.8) is 0 Å². The van der Waals surface area contributed by atoms with Gasteiger partial charge in [-0.1, -0.05) is 30.3 Å². The molecule has 0 radical (unpaired) electrons. The number of nitrogens with zero attached hydrogens (tertiary/aromatic N) is 3. The van der Waals surface area contributed by atoms with Gasteiger partial charge in [-0.25, -0.2) is 5.01 Å². The van der Waals surface area contributed by atoms with Gasteiger partial charge in [0.05, 0.1) is 24.1 Å². The molecular weight excluding hydrogens is 434 g/mol. The first-order chi connectivity index (χ1) is 16.3. The Labute approximate surface area is 197 Å². The van der Waals surface area contributed by atoms with Crippen LogP contribution < -0.4 is 4.74 Å². The van der Waals surface area contributed by atoms with Crippen molar-refractivity contribution in [2.45, 2.75) is 51.5 Å². The summed E-state index contributed by atoms with van der Waals surface area (Å²) in [6, 6.07) is 16.9. The van der Waals surface area contributed by atoms with Crippen LogP contribution in [0.2, 0.25) is 0 Å². The molecule has 2 aromatic rings. The summed E-state index contributed by atoms with van der Waals surface area (Å²) >= 11 is 0. The SMILES string of the molecule is CC(=O)OC1C(OC2=NN(Cc3ccccc3)C(=O)C3CC23)c2cc(C#N)ccc2OC1(C)C. The molecule has 0 saturated heterocycles. The van der Waals surface area contributed by atoms with Gasteiger partial charge in [0.2, 0.25) is 11.8 Å². The lowest BCUT2D eigenvalue weighted by molar-refractivity contribution is -0.173. The second-order valence-corrected chi connectivity index (χ2v) is 9.41. The maximum atomic E-state index is 12.8. The second kappa shape index (κ2) is 8.17. The van der Waals surface area contributed by atoms with Crippen LogP contribution in [0.1, 0.15) is 50.0 Å². The molecule has 174 valence electrons. The molecule has 1 saturated carbocycles. The lowest BCUT2D eigenvalue weighted by Gasteiger charge is -2.43. The van der Waals surface area contributed by atoms with Crippen LogP contribution in [-0.4, -0.2) is 34.5 Å². The minimum absolute atomic E-state index is 0.0165. The van der Waals surface area contributed by atoms with E-state index in [1.807, 2.05) is 44.2 Å². The molecule has 0 spiro atoms. The van der Waals surface area contributed by atoms with Gasteiger partial charge in [-0.3, -0.25) is 9.59 Å². The number of hydrogen-bond acceptors (Lipinski definition) is 7. The van der Waals surface area contributed by atoms with E-state index in [4.69, 9.17) is 14.2 Å². The summed E-state index contributed by atoms with van der Waals surface area (Å²) in [5.41, 5.74) is 1.12. The van der Waals surface area contributed by atoms with E-state index in [-0.39, 0.29) is 17.7 Å². The van der Waals surface area contributed by atoms with Gasteiger partial charge in [-0.2, -0.15) is 5.26 Å². The van der Waals surface area contributed by atoms with Gasteiger partial charge in [0.1, 0.15) is 11.4 Å². The largest absolute Gasteiger partial charge is 0.483 e. The molecule has 1 fully saturated rings. The molecule has 2 aliphatic heterocycles.